The Bertz CT molecular complexity index is 270. The highest BCUT2D eigenvalue weighted by Crippen LogP contribution is 2.24. The predicted molar refractivity (Wildman–Crippen MR) is 51.2 cm³/mol. The lowest BCUT2D eigenvalue weighted by molar-refractivity contribution is 0.289. The van der Waals surface area contributed by atoms with Crippen molar-refractivity contribution in [1.29, 1.82) is 0 Å². The summed E-state index contributed by atoms with van der Waals surface area (Å²) in [6.07, 6.45) is 2.22. The minimum atomic E-state index is -0.294. The van der Waals surface area contributed by atoms with Crippen molar-refractivity contribution in [3.05, 3.63) is 24.1 Å². The van der Waals surface area contributed by atoms with Crippen LogP contribution >= 0.6 is 11.8 Å². The molecule has 0 bridgehead atoms. The summed E-state index contributed by atoms with van der Waals surface area (Å²) in [5, 5.41) is 9.25. The second kappa shape index (κ2) is 5.19. The molecule has 0 radical (unpaired) electrons. The average molecular weight is 201 g/mol. The van der Waals surface area contributed by atoms with Gasteiger partial charge < -0.3 is 5.11 Å². The van der Waals surface area contributed by atoms with Gasteiger partial charge in [-0.15, -0.1) is 11.8 Å². The van der Waals surface area contributed by atoms with Gasteiger partial charge in [0.15, 0.2) is 5.82 Å². The molecule has 72 valence electrons. The summed E-state index contributed by atoms with van der Waals surface area (Å²) in [7, 11) is 0. The first kappa shape index (κ1) is 10.5. The Kier molecular flexibility index (Phi) is 4.18. The molecule has 13 heavy (non-hydrogen) atoms. The summed E-state index contributed by atoms with van der Waals surface area (Å²) < 4.78 is 13.0. The highest BCUT2D eigenvalue weighted by Gasteiger charge is 2.08. The molecule has 0 saturated carbocycles. The summed E-state index contributed by atoms with van der Waals surface area (Å²) in [6, 6.07) is 2.96. The summed E-state index contributed by atoms with van der Waals surface area (Å²) >= 11 is 1.35. The van der Waals surface area contributed by atoms with Gasteiger partial charge in [-0.3, -0.25) is 0 Å². The topological polar surface area (TPSA) is 33.1 Å². The molecule has 0 amide bonds. The quantitative estimate of drug-likeness (QED) is 0.757. The molecule has 0 aromatic carbocycles. The van der Waals surface area contributed by atoms with Crippen LogP contribution in [0.15, 0.2) is 23.4 Å². The molecule has 0 aliphatic heterocycles. The highest BCUT2D eigenvalue weighted by atomic mass is 32.2. The molecule has 0 aliphatic rings. The third-order valence-corrected chi connectivity index (χ3v) is 2.73. The van der Waals surface area contributed by atoms with E-state index < -0.39 is 0 Å². The largest absolute Gasteiger partial charge is 0.396 e. The van der Waals surface area contributed by atoms with Gasteiger partial charge in [0, 0.05) is 18.1 Å². The van der Waals surface area contributed by atoms with Gasteiger partial charge >= 0.3 is 0 Å². The molecular weight excluding hydrogens is 189 g/mol. The number of nitrogens with zero attached hydrogens (tertiary/aromatic N) is 1. The molecule has 1 aromatic rings. The highest BCUT2D eigenvalue weighted by molar-refractivity contribution is 7.99. The van der Waals surface area contributed by atoms with Gasteiger partial charge in [0.05, 0.1) is 0 Å². The van der Waals surface area contributed by atoms with Crippen molar-refractivity contribution in [3.8, 4) is 0 Å². The fourth-order valence-corrected chi connectivity index (χ4v) is 1.80. The second-order valence-corrected chi connectivity index (χ2v) is 4.16. The molecular formula is C9H12FNOS. The standard InChI is InChI=1S/C9H12FNOS/c1-7(4-6-12)13-9-8(10)3-2-5-11-9/h2-3,5,7,12H,4,6H2,1H3. The van der Waals surface area contributed by atoms with Crippen LogP contribution < -0.4 is 0 Å². The van der Waals surface area contributed by atoms with Crippen LogP contribution in [0.2, 0.25) is 0 Å². The van der Waals surface area contributed by atoms with E-state index in [0.717, 1.165) is 0 Å². The van der Waals surface area contributed by atoms with E-state index in [4.69, 9.17) is 5.11 Å². The Morgan fingerprint density at radius 3 is 3.08 bits per heavy atom. The monoisotopic (exact) mass is 201 g/mol. The Balaban J connectivity index is 2.58. The lowest BCUT2D eigenvalue weighted by atomic mass is 10.3. The molecule has 1 unspecified atom stereocenters. The van der Waals surface area contributed by atoms with Gasteiger partial charge in [-0.05, 0) is 18.6 Å². The molecule has 1 aromatic heterocycles. The van der Waals surface area contributed by atoms with Crippen molar-refractivity contribution in [2.45, 2.75) is 23.6 Å². The number of aromatic nitrogens is 1. The van der Waals surface area contributed by atoms with Gasteiger partial charge in [0.2, 0.25) is 0 Å². The SMILES string of the molecule is CC(CCO)Sc1ncccc1F. The van der Waals surface area contributed by atoms with E-state index in [9.17, 15) is 4.39 Å². The van der Waals surface area contributed by atoms with Crippen molar-refractivity contribution in [3.63, 3.8) is 0 Å². The third-order valence-electron chi connectivity index (χ3n) is 1.57. The minimum Gasteiger partial charge on any atom is -0.396 e. The van der Waals surface area contributed by atoms with Crippen LogP contribution in [0.1, 0.15) is 13.3 Å². The normalized spacial score (nSPS) is 12.8. The Morgan fingerprint density at radius 1 is 1.69 bits per heavy atom. The molecule has 1 atom stereocenters. The first-order chi connectivity index (χ1) is 6.24. The zero-order valence-electron chi connectivity index (χ0n) is 7.40. The molecule has 0 aliphatic carbocycles. The van der Waals surface area contributed by atoms with Crippen molar-refractivity contribution in [2.24, 2.45) is 0 Å². The number of hydrogen-bond donors (Lipinski definition) is 1. The minimum absolute atomic E-state index is 0.128. The smallest absolute Gasteiger partial charge is 0.155 e. The summed E-state index contributed by atoms with van der Waals surface area (Å²) in [5.41, 5.74) is 0. The van der Waals surface area contributed by atoms with Crippen molar-refractivity contribution in [2.75, 3.05) is 6.61 Å². The number of thioether (sulfide) groups is 1. The van der Waals surface area contributed by atoms with Gasteiger partial charge in [-0.25, -0.2) is 9.37 Å². The molecule has 0 saturated heterocycles. The van der Waals surface area contributed by atoms with Crippen LogP contribution in [0.25, 0.3) is 0 Å². The molecule has 0 fully saturated rings. The summed E-state index contributed by atoms with van der Waals surface area (Å²) in [6.45, 7) is 2.07. The molecule has 1 N–H and O–H groups in total. The number of hydrogen-bond acceptors (Lipinski definition) is 3. The zero-order chi connectivity index (χ0) is 9.68. The van der Waals surface area contributed by atoms with Gasteiger partial charge in [-0.2, -0.15) is 0 Å². The predicted octanol–water partition coefficient (Wildman–Crippen LogP) is 2.08. The second-order valence-electron chi connectivity index (χ2n) is 2.73. The van der Waals surface area contributed by atoms with E-state index in [1.54, 1.807) is 12.3 Å². The number of rotatable bonds is 4. The van der Waals surface area contributed by atoms with Gasteiger partial charge in [0.1, 0.15) is 5.03 Å². The van der Waals surface area contributed by atoms with Gasteiger partial charge in [-0.1, -0.05) is 6.92 Å². The zero-order valence-corrected chi connectivity index (χ0v) is 8.22. The summed E-state index contributed by atoms with van der Waals surface area (Å²) in [5.74, 6) is -0.294. The van der Waals surface area contributed by atoms with Crippen molar-refractivity contribution >= 4 is 11.8 Å². The maximum Gasteiger partial charge on any atom is 0.155 e. The number of aliphatic hydroxyl groups excluding tert-OH is 1. The number of pyridine rings is 1. The number of aliphatic hydroxyl groups is 1. The van der Waals surface area contributed by atoms with Crippen LogP contribution in [-0.4, -0.2) is 21.9 Å². The summed E-state index contributed by atoms with van der Waals surface area (Å²) in [4.78, 5) is 3.91. The fraction of sp³-hybridized carbons (Fsp3) is 0.444. The van der Waals surface area contributed by atoms with E-state index in [1.165, 1.54) is 17.8 Å². The third kappa shape index (κ3) is 3.32. The Labute approximate surface area is 81.2 Å². The van der Waals surface area contributed by atoms with Crippen LogP contribution in [0, 0.1) is 5.82 Å². The Hall–Kier alpha value is -0.610. The van der Waals surface area contributed by atoms with Crippen LogP contribution in [-0.2, 0) is 0 Å². The number of halogens is 1. The van der Waals surface area contributed by atoms with Gasteiger partial charge in [0.25, 0.3) is 0 Å². The van der Waals surface area contributed by atoms with Crippen molar-refractivity contribution < 1.29 is 9.50 Å². The van der Waals surface area contributed by atoms with E-state index in [-0.39, 0.29) is 17.7 Å². The van der Waals surface area contributed by atoms with E-state index >= 15 is 0 Å². The maximum atomic E-state index is 13.0. The van der Waals surface area contributed by atoms with Crippen molar-refractivity contribution in [1.82, 2.24) is 4.98 Å². The average Bonchev–Trinajstić information content (AvgIpc) is 2.09. The first-order valence-corrected chi connectivity index (χ1v) is 5.00. The molecule has 1 rings (SSSR count). The molecule has 4 heteroatoms. The van der Waals surface area contributed by atoms with E-state index in [2.05, 4.69) is 4.98 Å². The molecule has 2 nitrogen and oxygen atoms in total. The first-order valence-electron chi connectivity index (χ1n) is 4.12. The fourth-order valence-electron chi connectivity index (χ4n) is 0.889. The van der Waals surface area contributed by atoms with E-state index in [0.29, 0.717) is 11.4 Å². The van der Waals surface area contributed by atoms with Crippen LogP contribution in [0.3, 0.4) is 0 Å². The molecule has 1 heterocycles. The lowest BCUT2D eigenvalue weighted by Gasteiger charge is -2.08. The van der Waals surface area contributed by atoms with Crippen LogP contribution in [0.5, 0.6) is 0 Å². The lowest BCUT2D eigenvalue weighted by Crippen LogP contribution is -2.00. The van der Waals surface area contributed by atoms with Crippen LogP contribution in [0.4, 0.5) is 4.39 Å². The molecule has 0 spiro atoms. The van der Waals surface area contributed by atoms with E-state index in [1.807, 2.05) is 6.92 Å². The maximum absolute atomic E-state index is 13.0. The Morgan fingerprint density at radius 2 is 2.46 bits per heavy atom.